The van der Waals surface area contributed by atoms with Crippen LogP contribution in [0.5, 0.6) is 0 Å². The third kappa shape index (κ3) is 4.16. The summed E-state index contributed by atoms with van der Waals surface area (Å²) in [6, 6.07) is 7.78. The van der Waals surface area contributed by atoms with E-state index in [-0.39, 0.29) is 12.4 Å². The van der Waals surface area contributed by atoms with E-state index in [9.17, 15) is 9.18 Å². The molecule has 0 N–H and O–H groups in total. The molecule has 0 spiro atoms. The monoisotopic (exact) mass is 350 g/mol. The normalized spacial score (nSPS) is 10.8. The number of furan rings is 1. The molecule has 0 aliphatic heterocycles. The topological polar surface area (TPSA) is 39.4 Å². The van der Waals surface area contributed by atoms with Crippen LogP contribution in [0.1, 0.15) is 5.76 Å². The van der Waals surface area contributed by atoms with Gasteiger partial charge in [-0.05, 0) is 52.3 Å². The molecule has 21 heavy (non-hydrogen) atoms. The van der Waals surface area contributed by atoms with Crippen LogP contribution in [0.25, 0.3) is 17.4 Å². The summed E-state index contributed by atoms with van der Waals surface area (Å²) in [7, 11) is 0. The predicted octanol–water partition coefficient (Wildman–Crippen LogP) is 4.59. The summed E-state index contributed by atoms with van der Waals surface area (Å²) in [6.07, 6.45) is 4.26. The zero-order chi connectivity index (χ0) is 15.2. The van der Waals surface area contributed by atoms with Gasteiger partial charge in [-0.3, -0.25) is 0 Å². The minimum atomic E-state index is -0.476. The van der Waals surface area contributed by atoms with E-state index < -0.39 is 5.97 Å². The van der Waals surface area contributed by atoms with Crippen LogP contribution in [0.15, 0.2) is 58.0 Å². The maximum absolute atomic E-state index is 13.0. The van der Waals surface area contributed by atoms with E-state index in [1.807, 2.05) is 0 Å². The van der Waals surface area contributed by atoms with Crippen molar-refractivity contribution in [3.05, 3.63) is 65.1 Å². The van der Waals surface area contributed by atoms with E-state index in [2.05, 4.69) is 22.5 Å². The number of benzene rings is 1. The van der Waals surface area contributed by atoms with E-state index >= 15 is 0 Å². The first-order valence-electron chi connectivity index (χ1n) is 6.11. The van der Waals surface area contributed by atoms with Crippen LogP contribution in [0.4, 0.5) is 4.39 Å². The summed E-state index contributed by atoms with van der Waals surface area (Å²) in [5.41, 5.74) is 0.727. The number of carbonyl (C=O) groups is 1. The van der Waals surface area contributed by atoms with Crippen LogP contribution < -0.4 is 0 Å². The zero-order valence-corrected chi connectivity index (χ0v) is 12.6. The minimum absolute atomic E-state index is 0.162. The molecule has 1 aromatic carbocycles. The Morgan fingerprint density at radius 2 is 2.19 bits per heavy atom. The summed E-state index contributed by atoms with van der Waals surface area (Å²) in [5.74, 6) is 0.260. The smallest absolute Gasteiger partial charge is 0.331 e. The SMILES string of the molecule is C=CCOC(=O)/C=C/c1ccc(-c2ccc(F)cc2Br)o1. The van der Waals surface area contributed by atoms with Crippen molar-refractivity contribution in [3.8, 4) is 11.3 Å². The van der Waals surface area contributed by atoms with Crippen LogP contribution >= 0.6 is 15.9 Å². The molecule has 1 heterocycles. The largest absolute Gasteiger partial charge is 0.458 e. The molecule has 108 valence electrons. The molecular formula is C16H12BrFO3. The molecule has 1 aromatic heterocycles. The Labute approximate surface area is 129 Å². The van der Waals surface area contributed by atoms with E-state index in [0.29, 0.717) is 16.0 Å². The molecule has 0 amide bonds. The number of carbonyl (C=O) groups excluding carboxylic acids is 1. The third-order valence-corrected chi connectivity index (χ3v) is 3.21. The number of halogens is 2. The van der Waals surface area contributed by atoms with Crippen molar-refractivity contribution < 1.29 is 18.3 Å². The van der Waals surface area contributed by atoms with Crippen LogP contribution in [0.3, 0.4) is 0 Å². The van der Waals surface area contributed by atoms with E-state index in [4.69, 9.17) is 9.15 Å². The zero-order valence-electron chi connectivity index (χ0n) is 11.0. The van der Waals surface area contributed by atoms with Crippen molar-refractivity contribution in [3.63, 3.8) is 0 Å². The van der Waals surface area contributed by atoms with Crippen molar-refractivity contribution in [1.82, 2.24) is 0 Å². The number of ether oxygens (including phenoxy) is 1. The third-order valence-electron chi connectivity index (χ3n) is 2.55. The Hall–Kier alpha value is -2.14. The molecule has 0 radical (unpaired) electrons. The summed E-state index contributed by atoms with van der Waals surface area (Å²) in [6.45, 7) is 3.61. The number of esters is 1. The second-order valence-electron chi connectivity index (χ2n) is 4.08. The summed E-state index contributed by atoms with van der Waals surface area (Å²) in [4.78, 5) is 11.3. The predicted molar refractivity (Wildman–Crippen MR) is 82.0 cm³/mol. The lowest BCUT2D eigenvalue weighted by Gasteiger charge is -2.00. The maximum atomic E-state index is 13.0. The Balaban J connectivity index is 2.12. The molecule has 5 heteroatoms. The van der Waals surface area contributed by atoms with Gasteiger partial charge >= 0.3 is 5.97 Å². The lowest BCUT2D eigenvalue weighted by molar-refractivity contribution is -0.136. The number of hydrogen-bond acceptors (Lipinski definition) is 3. The van der Waals surface area contributed by atoms with Gasteiger partial charge < -0.3 is 9.15 Å². The van der Waals surface area contributed by atoms with Crippen molar-refractivity contribution in [1.29, 1.82) is 0 Å². The fourth-order valence-electron chi connectivity index (χ4n) is 1.62. The van der Waals surface area contributed by atoms with Crippen molar-refractivity contribution in [2.24, 2.45) is 0 Å². The van der Waals surface area contributed by atoms with Gasteiger partial charge in [0, 0.05) is 16.1 Å². The lowest BCUT2D eigenvalue weighted by Crippen LogP contribution is -1.99. The van der Waals surface area contributed by atoms with Gasteiger partial charge in [0.15, 0.2) is 0 Å². The summed E-state index contributed by atoms with van der Waals surface area (Å²) < 4.78 is 24.0. The minimum Gasteiger partial charge on any atom is -0.458 e. The molecule has 0 saturated carbocycles. The maximum Gasteiger partial charge on any atom is 0.331 e. The standard InChI is InChI=1S/C16H12BrFO3/c1-2-9-20-16(19)8-5-12-4-7-15(21-12)13-6-3-11(18)10-14(13)17/h2-8,10H,1,9H2/b8-5+. The molecule has 0 aliphatic carbocycles. The van der Waals surface area contributed by atoms with E-state index in [1.165, 1.54) is 30.4 Å². The van der Waals surface area contributed by atoms with Gasteiger partial charge in [-0.1, -0.05) is 12.7 Å². The summed E-state index contributed by atoms with van der Waals surface area (Å²) in [5, 5.41) is 0. The molecule has 2 aromatic rings. The second-order valence-corrected chi connectivity index (χ2v) is 4.93. The molecule has 0 unspecified atom stereocenters. The average Bonchev–Trinajstić information content (AvgIpc) is 2.91. The molecule has 0 bridgehead atoms. The van der Waals surface area contributed by atoms with Gasteiger partial charge in [0.2, 0.25) is 0 Å². The van der Waals surface area contributed by atoms with E-state index in [1.54, 1.807) is 18.2 Å². The second kappa shape index (κ2) is 7.04. The van der Waals surface area contributed by atoms with Gasteiger partial charge in [-0.2, -0.15) is 0 Å². The molecular weight excluding hydrogens is 339 g/mol. The summed E-state index contributed by atoms with van der Waals surface area (Å²) >= 11 is 3.28. The van der Waals surface area contributed by atoms with Crippen LogP contribution in [0, 0.1) is 5.82 Å². The van der Waals surface area contributed by atoms with Gasteiger partial charge in [-0.15, -0.1) is 0 Å². The highest BCUT2D eigenvalue weighted by molar-refractivity contribution is 9.10. The van der Waals surface area contributed by atoms with Crippen molar-refractivity contribution in [2.45, 2.75) is 0 Å². The number of hydrogen-bond donors (Lipinski definition) is 0. The van der Waals surface area contributed by atoms with Gasteiger partial charge in [0.25, 0.3) is 0 Å². The fraction of sp³-hybridized carbons (Fsp3) is 0.0625. The van der Waals surface area contributed by atoms with E-state index in [0.717, 1.165) is 5.56 Å². The highest BCUT2D eigenvalue weighted by Crippen LogP contribution is 2.30. The molecule has 0 atom stereocenters. The van der Waals surface area contributed by atoms with Crippen molar-refractivity contribution >= 4 is 28.0 Å². The first kappa shape index (κ1) is 15.3. The van der Waals surface area contributed by atoms with Crippen molar-refractivity contribution in [2.75, 3.05) is 6.61 Å². The average molecular weight is 351 g/mol. The van der Waals surface area contributed by atoms with Gasteiger partial charge in [-0.25, -0.2) is 9.18 Å². The van der Waals surface area contributed by atoms with Crippen LogP contribution in [0.2, 0.25) is 0 Å². The Morgan fingerprint density at radius 3 is 2.90 bits per heavy atom. The highest BCUT2D eigenvalue weighted by atomic mass is 79.9. The number of rotatable bonds is 5. The molecule has 0 fully saturated rings. The van der Waals surface area contributed by atoms with Gasteiger partial charge in [0.05, 0.1) is 0 Å². The first-order chi connectivity index (χ1) is 10.1. The van der Waals surface area contributed by atoms with Crippen LogP contribution in [-0.2, 0) is 9.53 Å². The quantitative estimate of drug-likeness (QED) is 0.449. The van der Waals surface area contributed by atoms with Gasteiger partial charge in [0.1, 0.15) is 23.9 Å². The first-order valence-corrected chi connectivity index (χ1v) is 6.90. The molecule has 3 nitrogen and oxygen atoms in total. The Kier molecular flexibility index (Phi) is 5.11. The lowest BCUT2D eigenvalue weighted by atomic mass is 10.2. The Morgan fingerprint density at radius 1 is 1.38 bits per heavy atom. The molecule has 0 saturated heterocycles. The Bertz CT molecular complexity index is 689. The van der Waals surface area contributed by atoms with Crippen LogP contribution in [-0.4, -0.2) is 12.6 Å². The fourth-order valence-corrected chi connectivity index (χ4v) is 2.16. The molecule has 0 aliphatic rings. The highest BCUT2D eigenvalue weighted by Gasteiger charge is 2.08. The molecule has 2 rings (SSSR count).